The molecule has 5 heteroatoms. The Bertz CT molecular complexity index is 599. The minimum Gasteiger partial charge on any atom is -0.473 e. The summed E-state index contributed by atoms with van der Waals surface area (Å²) in [7, 11) is 0. The number of carbonyl (C=O) groups is 1. The van der Waals surface area contributed by atoms with Crippen molar-refractivity contribution in [3.8, 4) is 5.75 Å². The number of amides is 2. The van der Waals surface area contributed by atoms with E-state index in [1.54, 1.807) is 0 Å². The van der Waals surface area contributed by atoms with Crippen molar-refractivity contribution in [2.45, 2.75) is 13.3 Å². The molecule has 2 rings (SSSR count). The number of hydrogen-bond acceptors (Lipinski definition) is 2. The van der Waals surface area contributed by atoms with E-state index in [1.807, 2.05) is 48.5 Å². The summed E-state index contributed by atoms with van der Waals surface area (Å²) in [4.78, 5) is 11.7. The number of hydrogen-bond donors (Lipinski definition) is 2. The highest BCUT2D eigenvalue weighted by atomic mass is 79.9. The van der Waals surface area contributed by atoms with E-state index < -0.39 is 0 Å². The van der Waals surface area contributed by atoms with Gasteiger partial charge in [-0.05, 0) is 42.3 Å². The van der Waals surface area contributed by atoms with Crippen LogP contribution in [0.2, 0.25) is 0 Å². The summed E-state index contributed by atoms with van der Waals surface area (Å²) in [5.41, 5.74) is 1.84. The SMILES string of the molecule is CCc1ccccc1OCNC(=O)Nc1ccc(Br)cc1. The van der Waals surface area contributed by atoms with Crippen LogP contribution in [0.4, 0.5) is 10.5 Å². The molecule has 0 aliphatic heterocycles. The number of nitrogens with one attached hydrogen (secondary N) is 2. The first kappa shape index (κ1) is 15.4. The molecule has 0 fully saturated rings. The van der Waals surface area contributed by atoms with Gasteiger partial charge in [0.15, 0.2) is 6.73 Å². The molecule has 0 saturated heterocycles. The molecule has 0 bridgehead atoms. The standard InChI is InChI=1S/C16H17BrN2O2/c1-2-12-5-3-4-6-15(12)21-11-18-16(20)19-14-9-7-13(17)8-10-14/h3-10H,2,11H2,1H3,(H2,18,19,20). The maximum absolute atomic E-state index is 11.7. The monoisotopic (exact) mass is 348 g/mol. The predicted octanol–water partition coefficient (Wildman–Crippen LogP) is 4.17. The van der Waals surface area contributed by atoms with Gasteiger partial charge in [0.1, 0.15) is 5.75 Å². The van der Waals surface area contributed by atoms with E-state index in [0.717, 1.165) is 27.9 Å². The van der Waals surface area contributed by atoms with Crippen LogP contribution >= 0.6 is 15.9 Å². The Kier molecular flexibility index (Phi) is 5.63. The minimum absolute atomic E-state index is 0.124. The number of para-hydroxylation sites is 1. The second-order valence-corrected chi connectivity index (χ2v) is 5.30. The van der Waals surface area contributed by atoms with E-state index in [0.29, 0.717) is 0 Å². The molecular weight excluding hydrogens is 332 g/mol. The van der Waals surface area contributed by atoms with Gasteiger partial charge in [-0.2, -0.15) is 0 Å². The molecule has 21 heavy (non-hydrogen) atoms. The second-order valence-electron chi connectivity index (χ2n) is 4.39. The van der Waals surface area contributed by atoms with Gasteiger partial charge in [-0.15, -0.1) is 0 Å². The van der Waals surface area contributed by atoms with Gasteiger partial charge in [-0.1, -0.05) is 41.1 Å². The van der Waals surface area contributed by atoms with E-state index in [2.05, 4.69) is 33.5 Å². The topological polar surface area (TPSA) is 50.4 Å². The number of ether oxygens (including phenoxy) is 1. The average molecular weight is 349 g/mol. The Labute approximate surface area is 132 Å². The van der Waals surface area contributed by atoms with Crippen molar-refractivity contribution in [3.63, 3.8) is 0 Å². The molecule has 0 aliphatic rings. The third-order valence-electron chi connectivity index (χ3n) is 2.92. The first-order valence-electron chi connectivity index (χ1n) is 6.70. The number of benzene rings is 2. The molecule has 2 aromatic carbocycles. The van der Waals surface area contributed by atoms with Gasteiger partial charge in [0.2, 0.25) is 0 Å². The van der Waals surface area contributed by atoms with Gasteiger partial charge >= 0.3 is 6.03 Å². The summed E-state index contributed by atoms with van der Waals surface area (Å²) in [6, 6.07) is 14.9. The van der Waals surface area contributed by atoms with Crippen molar-refractivity contribution in [2.24, 2.45) is 0 Å². The lowest BCUT2D eigenvalue weighted by Gasteiger charge is -2.11. The summed E-state index contributed by atoms with van der Waals surface area (Å²) < 4.78 is 6.54. The highest BCUT2D eigenvalue weighted by molar-refractivity contribution is 9.10. The van der Waals surface area contributed by atoms with E-state index in [-0.39, 0.29) is 12.8 Å². The third-order valence-corrected chi connectivity index (χ3v) is 3.44. The van der Waals surface area contributed by atoms with E-state index in [4.69, 9.17) is 4.74 Å². The van der Waals surface area contributed by atoms with E-state index >= 15 is 0 Å². The molecule has 2 amide bonds. The van der Waals surface area contributed by atoms with Crippen LogP contribution < -0.4 is 15.4 Å². The molecule has 2 aromatic rings. The third kappa shape index (κ3) is 4.79. The van der Waals surface area contributed by atoms with Crippen LogP contribution in [0.1, 0.15) is 12.5 Å². The quantitative estimate of drug-likeness (QED) is 0.796. The van der Waals surface area contributed by atoms with Crippen LogP contribution in [-0.2, 0) is 6.42 Å². The summed E-state index contributed by atoms with van der Waals surface area (Å²) in [6.45, 7) is 2.19. The highest BCUT2D eigenvalue weighted by Gasteiger charge is 2.03. The van der Waals surface area contributed by atoms with Gasteiger partial charge < -0.3 is 15.4 Å². The Morgan fingerprint density at radius 3 is 2.57 bits per heavy atom. The fraction of sp³-hybridized carbons (Fsp3) is 0.188. The zero-order valence-electron chi connectivity index (χ0n) is 11.7. The molecule has 0 spiro atoms. The zero-order valence-corrected chi connectivity index (χ0v) is 13.3. The molecule has 110 valence electrons. The Morgan fingerprint density at radius 1 is 1.14 bits per heavy atom. The van der Waals surface area contributed by atoms with Gasteiger partial charge in [0.05, 0.1) is 0 Å². The van der Waals surface area contributed by atoms with Crippen molar-refractivity contribution < 1.29 is 9.53 Å². The number of carbonyl (C=O) groups excluding carboxylic acids is 1. The average Bonchev–Trinajstić information content (AvgIpc) is 2.50. The van der Waals surface area contributed by atoms with Crippen LogP contribution in [0.15, 0.2) is 53.0 Å². The van der Waals surface area contributed by atoms with E-state index in [1.165, 1.54) is 0 Å². The number of urea groups is 1. The largest absolute Gasteiger partial charge is 0.473 e. The van der Waals surface area contributed by atoms with Crippen LogP contribution in [-0.4, -0.2) is 12.8 Å². The van der Waals surface area contributed by atoms with Crippen molar-refractivity contribution in [3.05, 3.63) is 58.6 Å². The Hall–Kier alpha value is -2.01. The van der Waals surface area contributed by atoms with Crippen molar-refractivity contribution >= 4 is 27.6 Å². The Morgan fingerprint density at radius 2 is 1.86 bits per heavy atom. The first-order valence-corrected chi connectivity index (χ1v) is 7.49. The smallest absolute Gasteiger partial charge is 0.321 e. The van der Waals surface area contributed by atoms with Crippen LogP contribution in [0, 0.1) is 0 Å². The van der Waals surface area contributed by atoms with Crippen molar-refractivity contribution in [1.29, 1.82) is 0 Å². The molecule has 0 aliphatic carbocycles. The number of anilines is 1. The normalized spacial score (nSPS) is 10.0. The maximum atomic E-state index is 11.7. The number of halogens is 1. The first-order chi connectivity index (χ1) is 10.2. The van der Waals surface area contributed by atoms with Gasteiger partial charge in [0, 0.05) is 10.2 Å². The summed E-state index contributed by atoms with van der Waals surface area (Å²) >= 11 is 3.34. The molecule has 0 unspecified atom stereocenters. The zero-order chi connectivity index (χ0) is 15.1. The summed E-state index contributed by atoms with van der Waals surface area (Å²) in [5, 5.41) is 5.39. The molecule has 0 atom stereocenters. The van der Waals surface area contributed by atoms with Gasteiger partial charge in [-0.3, -0.25) is 0 Å². The highest BCUT2D eigenvalue weighted by Crippen LogP contribution is 2.17. The van der Waals surface area contributed by atoms with Crippen LogP contribution in [0.5, 0.6) is 5.75 Å². The molecule has 4 nitrogen and oxygen atoms in total. The van der Waals surface area contributed by atoms with Crippen LogP contribution in [0.3, 0.4) is 0 Å². The maximum Gasteiger partial charge on any atom is 0.321 e. The number of aryl methyl sites for hydroxylation is 1. The molecule has 0 heterocycles. The summed E-state index contributed by atoms with van der Waals surface area (Å²) in [6.07, 6.45) is 0.890. The van der Waals surface area contributed by atoms with Crippen molar-refractivity contribution in [2.75, 3.05) is 12.0 Å². The molecule has 2 N–H and O–H groups in total. The Balaban J connectivity index is 1.80. The molecular formula is C16H17BrN2O2. The lowest BCUT2D eigenvalue weighted by Crippen LogP contribution is -2.32. The van der Waals surface area contributed by atoms with E-state index in [9.17, 15) is 4.79 Å². The molecule has 0 radical (unpaired) electrons. The van der Waals surface area contributed by atoms with Gasteiger partial charge in [0.25, 0.3) is 0 Å². The van der Waals surface area contributed by atoms with Crippen LogP contribution in [0.25, 0.3) is 0 Å². The number of rotatable bonds is 5. The fourth-order valence-corrected chi connectivity index (χ4v) is 2.09. The molecule has 0 saturated carbocycles. The minimum atomic E-state index is -0.300. The lowest BCUT2D eigenvalue weighted by molar-refractivity contribution is 0.234. The lowest BCUT2D eigenvalue weighted by atomic mass is 10.1. The summed E-state index contributed by atoms with van der Waals surface area (Å²) in [5.74, 6) is 0.795. The predicted molar refractivity (Wildman–Crippen MR) is 87.6 cm³/mol. The second kappa shape index (κ2) is 7.69. The van der Waals surface area contributed by atoms with Crippen molar-refractivity contribution in [1.82, 2.24) is 5.32 Å². The fourth-order valence-electron chi connectivity index (χ4n) is 1.82. The van der Waals surface area contributed by atoms with Gasteiger partial charge in [-0.25, -0.2) is 4.79 Å². The molecule has 0 aromatic heterocycles.